The lowest BCUT2D eigenvalue weighted by Crippen LogP contribution is -2.20. The lowest BCUT2D eigenvalue weighted by Gasteiger charge is -2.13. The van der Waals surface area contributed by atoms with Gasteiger partial charge in [-0.15, -0.1) is 11.8 Å². The molecule has 0 saturated carbocycles. The molecular weight excluding hydrogens is 561 g/mol. The quantitative estimate of drug-likeness (QED) is 0.188. The summed E-state index contributed by atoms with van der Waals surface area (Å²) in [5, 5.41) is 7.22. The molecule has 0 aliphatic rings. The van der Waals surface area contributed by atoms with E-state index in [9.17, 15) is 14.0 Å². The molecule has 0 aliphatic heterocycles. The Morgan fingerprint density at radius 3 is 2.51 bits per heavy atom. The second-order valence-corrected chi connectivity index (χ2v) is 9.25. The Balaban J connectivity index is 1.53. The number of hydrazone groups is 1. The van der Waals surface area contributed by atoms with Gasteiger partial charge in [0.25, 0.3) is 5.91 Å². The lowest BCUT2D eigenvalue weighted by molar-refractivity contribution is -0.119. The summed E-state index contributed by atoms with van der Waals surface area (Å²) in [6, 6.07) is 15.9. The van der Waals surface area contributed by atoms with E-state index in [1.807, 2.05) is 12.1 Å². The fourth-order valence-electron chi connectivity index (χ4n) is 2.71. The molecule has 0 bridgehead atoms. The minimum atomic E-state index is -0.421. The summed E-state index contributed by atoms with van der Waals surface area (Å²) in [4.78, 5) is 25.1. The molecule has 182 valence electrons. The van der Waals surface area contributed by atoms with Crippen molar-refractivity contribution < 1.29 is 23.5 Å². The number of nitrogens with one attached hydrogen (secondary N) is 2. The number of halogens is 3. The first kappa shape index (κ1) is 26.5. The van der Waals surface area contributed by atoms with Gasteiger partial charge in [0, 0.05) is 15.6 Å². The van der Waals surface area contributed by atoms with Crippen LogP contribution in [0.25, 0.3) is 0 Å². The number of amides is 2. The van der Waals surface area contributed by atoms with Gasteiger partial charge in [-0.1, -0.05) is 11.6 Å². The number of thioether (sulfide) groups is 1. The zero-order valence-corrected chi connectivity index (χ0v) is 21.5. The molecule has 11 heteroatoms. The third-order valence-corrected chi connectivity index (χ3v) is 6.17. The maximum Gasteiger partial charge on any atom is 0.262 e. The van der Waals surface area contributed by atoms with Crippen molar-refractivity contribution in [1.29, 1.82) is 0 Å². The summed E-state index contributed by atoms with van der Waals surface area (Å²) in [6.07, 6.45) is 1.46. The number of benzene rings is 3. The molecule has 0 spiro atoms. The molecule has 0 radical (unpaired) electrons. The molecule has 3 aromatic rings. The number of methoxy groups -OCH3 is 1. The molecule has 3 aromatic carbocycles. The van der Waals surface area contributed by atoms with Gasteiger partial charge < -0.3 is 14.8 Å². The Labute approximate surface area is 219 Å². The van der Waals surface area contributed by atoms with E-state index in [0.717, 1.165) is 4.90 Å². The summed E-state index contributed by atoms with van der Waals surface area (Å²) in [5.74, 6) is -0.205. The predicted octanol–water partition coefficient (Wildman–Crippen LogP) is 5.51. The van der Waals surface area contributed by atoms with Crippen molar-refractivity contribution in [2.75, 3.05) is 24.8 Å². The highest BCUT2D eigenvalue weighted by molar-refractivity contribution is 9.10. The lowest BCUT2D eigenvalue weighted by atomic mass is 10.2. The highest BCUT2D eigenvalue weighted by atomic mass is 79.9. The number of ether oxygens (including phenoxy) is 2. The molecule has 0 atom stereocenters. The molecule has 0 unspecified atom stereocenters. The van der Waals surface area contributed by atoms with Crippen LogP contribution < -0.4 is 20.2 Å². The monoisotopic (exact) mass is 579 g/mol. The Morgan fingerprint density at radius 2 is 1.83 bits per heavy atom. The molecule has 3 rings (SSSR count). The van der Waals surface area contributed by atoms with E-state index in [0.29, 0.717) is 32.2 Å². The Hall–Kier alpha value is -3.08. The summed E-state index contributed by atoms with van der Waals surface area (Å²) >= 11 is 10.6. The van der Waals surface area contributed by atoms with Crippen LogP contribution in [0.15, 0.2) is 75.1 Å². The van der Waals surface area contributed by atoms with Crippen LogP contribution in [0.4, 0.5) is 10.1 Å². The van der Waals surface area contributed by atoms with E-state index in [4.69, 9.17) is 21.1 Å². The molecule has 2 N–H and O–H groups in total. The van der Waals surface area contributed by atoms with Crippen LogP contribution in [0.1, 0.15) is 5.56 Å². The molecule has 0 heterocycles. The third-order valence-electron chi connectivity index (χ3n) is 4.31. The summed E-state index contributed by atoms with van der Waals surface area (Å²) < 4.78 is 24.5. The van der Waals surface area contributed by atoms with Gasteiger partial charge in [0.05, 0.1) is 23.5 Å². The van der Waals surface area contributed by atoms with Crippen LogP contribution in [0.5, 0.6) is 11.5 Å². The number of rotatable bonds is 10. The zero-order valence-electron chi connectivity index (χ0n) is 18.4. The van der Waals surface area contributed by atoms with E-state index in [1.165, 1.54) is 49.4 Å². The first-order valence-corrected chi connectivity index (χ1v) is 12.3. The summed E-state index contributed by atoms with van der Waals surface area (Å²) in [7, 11) is 1.46. The van der Waals surface area contributed by atoms with Gasteiger partial charge in [-0.2, -0.15) is 5.10 Å². The van der Waals surface area contributed by atoms with Gasteiger partial charge in [0.15, 0.2) is 18.1 Å². The minimum Gasteiger partial charge on any atom is -0.493 e. The van der Waals surface area contributed by atoms with Crippen molar-refractivity contribution in [3.63, 3.8) is 0 Å². The number of carbonyl (C=O) groups excluding carboxylic acids is 2. The predicted molar refractivity (Wildman–Crippen MR) is 139 cm³/mol. The molecule has 2 amide bonds. The van der Waals surface area contributed by atoms with Crippen LogP contribution in [-0.2, 0) is 9.59 Å². The van der Waals surface area contributed by atoms with Crippen LogP contribution in [0, 0.1) is 5.82 Å². The van der Waals surface area contributed by atoms with Crippen molar-refractivity contribution in [3.8, 4) is 11.5 Å². The van der Waals surface area contributed by atoms with Gasteiger partial charge in [-0.25, -0.2) is 9.82 Å². The molecule has 0 aromatic heterocycles. The molecule has 0 saturated heterocycles. The van der Waals surface area contributed by atoms with Gasteiger partial charge in [-0.05, 0) is 82.2 Å². The zero-order chi connectivity index (χ0) is 25.2. The maximum absolute atomic E-state index is 13.0. The topological polar surface area (TPSA) is 89.0 Å². The first-order chi connectivity index (χ1) is 16.8. The SMILES string of the molecule is COc1cc(/C=N\NC(=O)CSc2ccc(Cl)cc2)cc(Br)c1OCC(=O)Nc1ccc(F)cc1. The van der Waals surface area contributed by atoms with E-state index >= 15 is 0 Å². The van der Waals surface area contributed by atoms with Crippen LogP contribution in [-0.4, -0.2) is 37.5 Å². The smallest absolute Gasteiger partial charge is 0.262 e. The number of hydrogen-bond donors (Lipinski definition) is 2. The Kier molecular flexibility index (Phi) is 9.95. The van der Waals surface area contributed by atoms with Crippen LogP contribution >= 0.6 is 39.3 Å². The second-order valence-electron chi connectivity index (χ2n) is 6.91. The van der Waals surface area contributed by atoms with Crippen molar-refractivity contribution >= 4 is 63.0 Å². The summed E-state index contributed by atoms with van der Waals surface area (Å²) in [5.41, 5.74) is 3.55. The van der Waals surface area contributed by atoms with Crippen molar-refractivity contribution in [2.24, 2.45) is 5.10 Å². The maximum atomic E-state index is 13.0. The van der Waals surface area contributed by atoms with Gasteiger partial charge in [-0.3, -0.25) is 9.59 Å². The number of nitrogens with zero attached hydrogens (tertiary/aromatic N) is 1. The standard InChI is InChI=1S/C24H20BrClFN3O4S/c1-33-21-11-15(12-28-30-23(32)14-35-19-8-2-16(26)3-9-19)10-20(25)24(21)34-13-22(31)29-18-6-4-17(27)5-7-18/h2-12H,13-14H2,1H3,(H,29,31)(H,30,32)/b28-12-. The molecule has 0 aliphatic carbocycles. The number of hydrogen-bond acceptors (Lipinski definition) is 6. The van der Waals surface area contributed by atoms with E-state index in [1.54, 1.807) is 24.3 Å². The van der Waals surface area contributed by atoms with Gasteiger partial charge in [0.2, 0.25) is 5.91 Å². The van der Waals surface area contributed by atoms with Crippen LogP contribution in [0.3, 0.4) is 0 Å². The van der Waals surface area contributed by atoms with Gasteiger partial charge in [0.1, 0.15) is 5.82 Å². The molecule has 7 nitrogen and oxygen atoms in total. The van der Waals surface area contributed by atoms with E-state index < -0.39 is 11.7 Å². The molecule has 0 fully saturated rings. The average molecular weight is 581 g/mol. The minimum absolute atomic E-state index is 0.193. The fraction of sp³-hybridized carbons (Fsp3) is 0.125. The highest BCUT2D eigenvalue weighted by Gasteiger charge is 2.13. The first-order valence-electron chi connectivity index (χ1n) is 10.1. The van der Waals surface area contributed by atoms with E-state index in [-0.39, 0.29) is 18.3 Å². The van der Waals surface area contributed by atoms with Crippen LogP contribution in [0.2, 0.25) is 5.02 Å². The normalized spacial score (nSPS) is 10.7. The van der Waals surface area contributed by atoms with E-state index in [2.05, 4.69) is 31.8 Å². The highest BCUT2D eigenvalue weighted by Crippen LogP contribution is 2.36. The fourth-order valence-corrected chi connectivity index (χ4v) is 4.10. The van der Waals surface area contributed by atoms with Crippen molar-refractivity contribution in [1.82, 2.24) is 5.43 Å². The number of carbonyl (C=O) groups is 2. The average Bonchev–Trinajstić information content (AvgIpc) is 2.84. The van der Waals surface area contributed by atoms with Crippen molar-refractivity contribution in [3.05, 3.63) is 81.5 Å². The largest absolute Gasteiger partial charge is 0.493 e. The summed E-state index contributed by atoms with van der Waals surface area (Å²) in [6.45, 7) is -0.291. The number of anilines is 1. The second kappa shape index (κ2) is 13.1. The Bertz CT molecular complexity index is 1210. The molecular formula is C24H20BrClFN3O4S. The van der Waals surface area contributed by atoms with Gasteiger partial charge >= 0.3 is 0 Å². The third kappa shape index (κ3) is 8.57. The molecule has 35 heavy (non-hydrogen) atoms. The van der Waals surface area contributed by atoms with Crippen molar-refractivity contribution in [2.45, 2.75) is 4.90 Å². The Morgan fingerprint density at radius 1 is 1.11 bits per heavy atom.